The number of aliphatic hydroxyl groups excluding tert-OH is 1. The minimum absolute atomic E-state index is 0.121. The summed E-state index contributed by atoms with van der Waals surface area (Å²) in [5.74, 6) is -0.905. The van der Waals surface area contributed by atoms with Gasteiger partial charge in [-0.3, -0.25) is 4.90 Å². The zero-order valence-corrected chi connectivity index (χ0v) is 9.31. The number of carbonyl (C=O) groups is 1. The Kier molecular flexibility index (Phi) is 4.29. The van der Waals surface area contributed by atoms with E-state index in [1.807, 2.05) is 13.8 Å². The van der Waals surface area contributed by atoms with Gasteiger partial charge in [-0.1, -0.05) is 5.57 Å². The zero-order chi connectivity index (χ0) is 11.4. The minimum Gasteiger partial charge on any atom is -0.478 e. The Labute approximate surface area is 90.2 Å². The second-order valence-electron chi connectivity index (χ2n) is 4.25. The van der Waals surface area contributed by atoms with Gasteiger partial charge in [0.25, 0.3) is 0 Å². The van der Waals surface area contributed by atoms with Crippen molar-refractivity contribution in [3.05, 3.63) is 11.6 Å². The lowest BCUT2D eigenvalue weighted by Gasteiger charge is -2.37. The predicted molar refractivity (Wildman–Crippen MR) is 57.7 cm³/mol. The van der Waals surface area contributed by atoms with Gasteiger partial charge in [0.2, 0.25) is 0 Å². The smallest absolute Gasteiger partial charge is 0.328 e. The highest BCUT2D eigenvalue weighted by Crippen LogP contribution is 2.18. The van der Waals surface area contributed by atoms with Gasteiger partial charge in [-0.2, -0.15) is 0 Å². The second-order valence-corrected chi connectivity index (χ2v) is 4.25. The maximum Gasteiger partial charge on any atom is 0.328 e. The standard InChI is InChI=1S/C11H19NO3/c1-8(6-11(14)15)7-12-5-3-4-10(13)9(12)2/h6,9-10,13H,3-5,7H2,1-2H3,(H,14,15). The number of aliphatic carboxylic acids is 1. The third kappa shape index (κ3) is 3.64. The lowest BCUT2D eigenvalue weighted by Crippen LogP contribution is -2.46. The van der Waals surface area contributed by atoms with Crippen LogP contribution in [0.1, 0.15) is 26.7 Å². The van der Waals surface area contributed by atoms with E-state index in [1.165, 1.54) is 6.08 Å². The van der Waals surface area contributed by atoms with Crippen LogP contribution < -0.4 is 0 Å². The molecule has 0 saturated carbocycles. The van der Waals surface area contributed by atoms with Crippen LogP contribution in [0.5, 0.6) is 0 Å². The van der Waals surface area contributed by atoms with E-state index in [-0.39, 0.29) is 12.1 Å². The Morgan fingerprint density at radius 1 is 1.60 bits per heavy atom. The molecule has 1 aliphatic rings. The van der Waals surface area contributed by atoms with Gasteiger partial charge in [0.1, 0.15) is 0 Å². The molecule has 15 heavy (non-hydrogen) atoms. The topological polar surface area (TPSA) is 60.8 Å². The molecule has 1 fully saturated rings. The number of hydrogen-bond donors (Lipinski definition) is 2. The van der Waals surface area contributed by atoms with Gasteiger partial charge in [0, 0.05) is 18.7 Å². The molecular formula is C11H19NO3. The molecule has 1 rings (SSSR count). The van der Waals surface area contributed by atoms with Gasteiger partial charge in [-0.15, -0.1) is 0 Å². The molecule has 4 nitrogen and oxygen atoms in total. The van der Waals surface area contributed by atoms with Gasteiger partial charge < -0.3 is 10.2 Å². The molecule has 1 saturated heterocycles. The van der Waals surface area contributed by atoms with Crippen LogP contribution in [0, 0.1) is 0 Å². The summed E-state index contributed by atoms with van der Waals surface area (Å²) in [6.45, 7) is 5.35. The van der Waals surface area contributed by atoms with Gasteiger partial charge in [0.15, 0.2) is 0 Å². The van der Waals surface area contributed by atoms with E-state index in [9.17, 15) is 9.90 Å². The molecule has 0 bridgehead atoms. The largest absolute Gasteiger partial charge is 0.478 e. The quantitative estimate of drug-likeness (QED) is 0.683. The highest BCUT2D eigenvalue weighted by atomic mass is 16.4. The SMILES string of the molecule is CC(=CC(=O)O)CN1CCCC(O)C1C. The summed E-state index contributed by atoms with van der Waals surface area (Å²) in [7, 11) is 0. The van der Waals surface area contributed by atoms with Gasteiger partial charge >= 0.3 is 5.97 Å². The Hall–Kier alpha value is -0.870. The summed E-state index contributed by atoms with van der Waals surface area (Å²) < 4.78 is 0. The fourth-order valence-electron chi connectivity index (χ4n) is 1.99. The number of aliphatic hydroxyl groups is 1. The van der Waals surface area contributed by atoms with Crippen molar-refractivity contribution >= 4 is 5.97 Å². The van der Waals surface area contributed by atoms with Crippen molar-refractivity contribution in [3.63, 3.8) is 0 Å². The molecule has 2 N–H and O–H groups in total. The van der Waals surface area contributed by atoms with Crippen molar-refractivity contribution in [2.24, 2.45) is 0 Å². The molecule has 0 amide bonds. The fraction of sp³-hybridized carbons (Fsp3) is 0.727. The monoisotopic (exact) mass is 213 g/mol. The molecule has 0 spiro atoms. The Balaban J connectivity index is 2.53. The first kappa shape index (κ1) is 12.2. The van der Waals surface area contributed by atoms with Gasteiger partial charge in [0.05, 0.1) is 6.10 Å². The summed E-state index contributed by atoms with van der Waals surface area (Å²) in [6.07, 6.45) is 2.77. The lowest BCUT2D eigenvalue weighted by atomic mass is 10.00. The van der Waals surface area contributed by atoms with Crippen LogP contribution in [-0.4, -0.2) is 46.3 Å². The summed E-state index contributed by atoms with van der Waals surface area (Å²) in [5.41, 5.74) is 0.823. The van der Waals surface area contributed by atoms with Crippen molar-refractivity contribution in [1.82, 2.24) is 4.90 Å². The van der Waals surface area contributed by atoms with E-state index in [1.54, 1.807) is 0 Å². The number of likely N-dealkylation sites (tertiary alicyclic amines) is 1. The van der Waals surface area contributed by atoms with Crippen LogP contribution in [0.2, 0.25) is 0 Å². The van der Waals surface area contributed by atoms with Crippen LogP contribution in [0.3, 0.4) is 0 Å². The summed E-state index contributed by atoms with van der Waals surface area (Å²) >= 11 is 0. The van der Waals surface area contributed by atoms with Crippen LogP contribution in [0.15, 0.2) is 11.6 Å². The highest BCUT2D eigenvalue weighted by molar-refractivity contribution is 5.80. The molecule has 2 atom stereocenters. The second kappa shape index (κ2) is 5.28. The first-order valence-corrected chi connectivity index (χ1v) is 5.33. The lowest BCUT2D eigenvalue weighted by molar-refractivity contribution is -0.131. The number of hydrogen-bond acceptors (Lipinski definition) is 3. The molecule has 0 radical (unpaired) electrons. The Morgan fingerprint density at radius 2 is 2.27 bits per heavy atom. The zero-order valence-electron chi connectivity index (χ0n) is 9.31. The molecule has 0 aliphatic carbocycles. The van der Waals surface area contributed by atoms with Gasteiger partial charge in [-0.25, -0.2) is 4.79 Å². The molecule has 86 valence electrons. The number of piperidine rings is 1. The predicted octanol–water partition coefficient (Wildman–Crippen LogP) is 0.863. The Morgan fingerprint density at radius 3 is 2.87 bits per heavy atom. The molecule has 0 aromatic heterocycles. The molecule has 4 heteroatoms. The van der Waals surface area contributed by atoms with Crippen molar-refractivity contribution in [2.45, 2.75) is 38.8 Å². The van der Waals surface area contributed by atoms with Crippen molar-refractivity contribution in [2.75, 3.05) is 13.1 Å². The van der Waals surface area contributed by atoms with E-state index in [2.05, 4.69) is 4.90 Å². The first-order chi connectivity index (χ1) is 7.00. The third-order valence-electron chi connectivity index (χ3n) is 2.90. The fourth-order valence-corrected chi connectivity index (χ4v) is 1.99. The van der Waals surface area contributed by atoms with Crippen LogP contribution in [-0.2, 0) is 4.79 Å². The van der Waals surface area contributed by atoms with Gasteiger partial charge in [-0.05, 0) is 33.2 Å². The van der Waals surface area contributed by atoms with Crippen LogP contribution in [0.4, 0.5) is 0 Å². The number of rotatable bonds is 3. The van der Waals surface area contributed by atoms with Crippen LogP contribution >= 0.6 is 0 Å². The number of nitrogens with zero attached hydrogens (tertiary/aromatic N) is 1. The van der Waals surface area contributed by atoms with Crippen molar-refractivity contribution in [3.8, 4) is 0 Å². The van der Waals surface area contributed by atoms with Crippen LogP contribution in [0.25, 0.3) is 0 Å². The van der Waals surface area contributed by atoms with E-state index in [0.29, 0.717) is 6.54 Å². The normalized spacial score (nSPS) is 29.1. The molecule has 0 aromatic carbocycles. The average Bonchev–Trinajstić information content (AvgIpc) is 2.11. The van der Waals surface area contributed by atoms with E-state index in [4.69, 9.17) is 5.11 Å². The molecule has 0 aromatic rings. The number of carboxylic acid groups (broad SMARTS) is 1. The molecule has 1 heterocycles. The van der Waals surface area contributed by atoms with E-state index < -0.39 is 5.97 Å². The maximum atomic E-state index is 10.5. The Bertz CT molecular complexity index is 263. The molecule has 2 unspecified atom stereocenters. The maximum absolute atomic E-state index is 10.5. The average molecular weight is 213 g/mol. The van der Waals surface area contributed by atoms with E-state index >= 15 is 0 Å². The van der Waals surface area contributed by atoms with E-state index in [0.717, 1.165) is 25.0 Å². The number of carboxylic acids is 1. The molecular weight excluding hydrogens is 194 g/mol. The first-order valence-electron chi connectivity index (χ1n) is 5.33. The third-order valence-corrected chi connectivity index (χ3v) is 2.90. The minimum atomic E-state index is -0.905. The van der Waals surface area contributed by atoms with Crippen molar-refractivity contribution < 1.29 is 15.0 Å². The highest BCUT2D eigenvalue weighted by Gasteiger charge is 2.25. The summed E-state index contributed by atoms with van der Waals surface area (Å²) in [6, 6.07) is 0.121. The molecule has 1 aliphatic heterocycles. The van der Waals surface area contributed by atoms with Crippen molar-refractivity contribution in [1.29, 1.82) is 0 Å². The summed E-state index contributed by atoms with van der Waals surface area (Å²) in [5, 5.41) is 18.3. The summed E-state index contributed by atoms with van der Waals surface area (Å²) in [4.78, 5) is 12.6.